The van der Waals surface area contributed by atoms with Crippen molar-refractivity contribution in [1.82, 2.24) is 15.2 Å². The molecule has 2 N–H and O–H groups in total. The molecule has 5 nitrogen and oxygen atoms in total. The predicted molar refractivity (Wildman–Crippen MR) is 109 cm³/mol. The van der Waals surface area contributed by atoms with Gasteiger partial charge in [0.2, 0.25) is 0 Å². The van der Waals surface area contributed by atoms with E-state index in [1.807, 2.05) is 6.07 Å². The first-order valence-electron chi connectivity index (χ1n) is 10.4. The van der Waals surface area contributed by atoms with Crippen LogP contribution in [0, 0.1) is 5.92 Å². The van der Waals surface area contributed by atoms with Crippen molar-refractivity contribution in [2.45, 2.75) is 43.7 Å². The highest BCUT2D eigenvalue weighted by Gasteiger charge is 2.49. The zero-order valence-corrected chi connectivity index (χ0v) is 16.2. The minimum Gasteiger partial charge on any atom is -0.395 e. The largest absolute Gasteiger partial charge is 0.395 e. The van der Waals surface area contributed by atoms with Crippen LogP contribution < -0.4 is 5.32 Å². The third kappa shape index (κ3) is 3.96. The topological polar surface area (TPSA) is 65.5 Å². The highest BCUT2D eigenvalue weighted by atomic mass is 16.3. The van der Waals surface area contributed by atoms with Crippen LogP contribution in [0.15, 0.2) is 54.9 Å². The van der Waals surface area contributed by atoms with E-state index in [4.69, 9.17) is 0 Å². The number of carbonyl (C=O) groups is 1. The molecule has 1 amide bonds. The first-order valence-corrected chi connectivity index (χ1v) is 10.4. The van der Waals surface area contributed by atoms with Crippen LogP contribution in [0.5, 0.6) is 0 Å². The second kappa shape index (κ2) is 8.84. The first-order chi connectivity index (χ1) is 13.8. The smallest absolute Gasteiger partial charge is 0.251 e. The molecule has 148 valence electrons. The summed E-state index contributed by atoms with van der Waals surface area (Å²) in [7, 11) is 0. The van der Waals surface area contributed by atoms with E-state index in [1.165, 1.54) is 31.2 Å². The predicted octanol–water partition coefficient (Wildman–Crippen LogP) is 2.83. The van der Waals surface area contributed by atoms with Crippen molar-refractivity contribution in [3.63, 3.8) is 0 Å². The lowest BCUT2D eigenvalue weighted by molar-refractivity contribution is -0.0506. The number of nitrogens with one attached hydrogen (secondary N) is 1. The van der Waals surface area contributed by atoms with Gasteiger partial charge >= 0.3 is 0 Å². The van der Waals surface area contributed by atoms with Crippen molar-refractivity contribution in [2.24, 2.45) is 5.92 Å². The Hall–Kier alpha value is -2.24. The van der Waals surface area contributed by atoms with Crippen molar-refractivity contribution in [1.29, 1.82) is 0 Å². The molecule has 0 radical (unpaired) electrons. The molecule has 0 unspecified atom stereocenters. The van der Waals surface area contributed by atoms with E-state index in [2.05, 4.69) is 39.5 Å². The maximum absolute atomic E-state index is 12.5. The van der Waals surface area contributed by atoms with Gasteiger partial charge in [-0.05, 0) is 36.5 Å². The quantitative estimate of drug-likeness (QED) is 0.776. The number of carbonyl (C=O) groups excluding carboxylic acids is 1. The lowest BCUT2D eigenvalue weighted by Gasteiger charge is -2.56. The second-order valence-corrected chi connectivity index (χ2v) is 8.05. The van der Waals surface area contributed by atoms with Gasteiger partial charge in [-0.15, -0.1) is 0 Å². The molecule has 0 spiro atoms. The number of aromatic nitrogens is 1. The Labute approximate surface area is 166 Å². The van der Waals surface area contributed by atoms with Crippen LogP contribution in [0.2, 0.25) is 0 Å². The second-order valence-electron chi connectivity index (χ2n) is 8.05. The average Bonchev–Trinajstić information content (AvgIpc) is 3.25. The summed E-state index contributed by atoms with van der Waals surface area (Å²) in [5.41, 5.74) is 1.87. The van der Waals surface area contributed by atoms with Gasteiger partial charge in [-0.1, -0.05) is 43.2 Å². The van der Waals surface area contributed by atoms with Crippen LogP contribution >= 0.6 is 0 Å². The van der Waals surface area contributed by atoms with E-state index >= 15 is 0 Å². The van der Waals surface area contributed by atoms with Crippen molar-refractivity contribution in [3.05, 3.63) is 66.0 Å². The Bertz CT molecular complexity index is 762. The monoisotopic (exact) mass is 379 g/mol. The highest BCUT2D eigenvalue weighted by molar-refractivity contribution is 5.94. The Morgan fingerprint density at radius 1 is 1.07 bits per heavy atom. The highest BCUT2D eigenvalue weighted by Crippen LogP contribution is 2.42. The van der Waals surface area contributed by atoms with Crippen LogP contribution in [-0.4, -0.2) is 52.7 Å². The molecule has 2 heterocycles. The van der Waals surface area contributed by atoms with Crippen LogP contribution in [0.3, 0.4) is 0 Å². The van der Waals surface area contributed by atoms with Crippen LogP contribution in [0.4, 0.5) is 0 Å². The summed E-state index contributed by atoms with van der Waals surface area (Å²) in [6.45, 7) is 1.76. The molecule has 1 saturated heterocycles. The van der Waals surface area contributed by atoms with E-state index in [0.29, 0.717) is 18.0 Å². The van der Waals surface area contributed by atoms with Gasteiger partial charge in [-0.25, -0.2) is 0 Å². The van der Waals surface area contributed by atoms with Crippen LogP contribution in [0.1, 0.15) is 47.5 Å². The summed E-state index contributed by atoms with van der Waals surface area (Å²) < 4.78 is 0. The van der Waals surface area contributed by atoms with Crippen molar-refractivity contribution in [3.8, 4) is 0 Å². The summed E-state index contributed by atoms with van der Waals surface area (Å²) in [5.74, 6) is 0.886. The first kappa shape index (κ1) is 19.1. The van der Waals surface area contributed by atoms with E-state index < -0.39 is 0 Å². The van der Waals surface area contributed by atoms with Crippen LogP contribution in [-0.2, 0) is 0 Å². The van der Waals surface area contributed by atoms with Crippen molar-refractivity contribution < 1.29 is 9.90 Å². The normalized spacial score (nSPS) is 25.4. The standard InChI is InChI=1S/C23H29N3O2/c27-16-21-22(18-8-2-1-3-9-18)20(26(21)15-17-6-4-5-7-17)14-25-23(28)19-10-12-24-13-11-19/h1-3,8-13,17,20-22,27H,4-7,14-16H2,(H,25,28)/t20-,21+,22+/m0/s1. The summed E-state index contributed by atoms with van der Waals surface area (Å²) in [4.78, 5) is 18.9. The minimum atomic E-state index is -0.0672. The molecule has 1 saturated carbocycles. The van der Waals surface area contributed by atoms with Gasteiger partial charge in [-0.3, -0.25) is 14.7 Å². The summed E-state index contributed by atoms with van der Waals surface area (Å²) in [6, 6.07) is 14.2. The molecule has 0 bridgehead atoms. The van der Waals surface area contributed by atoms with E-state index in [0.717, 1.165) is 6.54 Å². The van der Waals surface area contributed by atoms with Gasteiger partial charge in [0.1, 0.15) is 0 Å². The fourth-order valence-electron chi connectivity index (χ4n) is 4.96. The molecule has 1 aliphatic heterocycles. The van der Waals surface area contributed by atoms with E-state index in [1.54, 1.807) is 24.5 Å². The van der Waals surface area contributed by atoms with Crippen molar-refractivity contribution >= 4 is 5.91 Å². The zero-order valence-electron chi connectivity index (χ0n) is 16.2. The summed E-state index contributed by atoms with van der Waals surface area (Å²) >= 11 is 0. The van der Waals surface area contributed by atoms with Gasteiger partial charge in [0.25, 0.3) is 5.91 Å². The Morgan fingerprint density at radius 2 is 1.79 bits per heavy atom. The number of benzene rings is 1. The Balaban J connectivity index is 1.49. The number of pyridine rings is 1. The number of aliphatic hydroxyl groups is 1. The van der Waals surface area contributed by atoms with Gasteiger partial charge < -0.3 is 10.4 Å². The number of hydrogen-bond donors (Lipinski definition) is 2. The third-order valence-electron chi connectivity index (χ3n) is 6.41. The van der Waals surface area contributed by atoms with E-state index in [9.17, 15) is 9.90 Å². The Kier molecular flexibility index (Phi) is 6.03. The fraction of sp³-hybridized carbons (Fsp3) is 0.478. The number of amides is 1. The van der Waals surface area contributed by atoms with Crippen molar-refractivity contribution in [2.75, 3.05) is 19.7 Å². The lowest BCUT2D eigenvalue weighted by atomic mass is 9.74. The van der Waals surface area contributed by atoms with Gasteiger partial charge in [0.15, 0.2) is 0 Å². The molecule has 5 heteroatoms. The molecule has 4 rings (SSSR count). The molecule has 2 fully saturated rings. The van der Waals surface area contributed by atoms with Gasteiger partial charge in [-0.2, -0.15) is 0 Å². The molecule has 2 aliphatic rings. The number of likely N-dealkylation sites (tertiary alicyclic amines) is 1. The molecule has 1 aliphatic carbocycles. The summed E-state index contributed by atoms with van der Waals surface area (Å²) in [5, 5.41) is 13.2. The molecular formula is C23H29N3O2. The van der Waals surface area contributed by atoms with Gasteiger partial charge in [0.05, 0.1) is 6.61 Å². The van der Waals surface area contributed by atoms with Gasteiger partial charge in [0, 0.05) is 49.0 Å². The number of rotatable bonds is 7. The molecule has 1 aromatic heterocycles. The summed E-state index contributed by atoms with van der Waals surface area (Å²) in [6.07, 6.45) is 8.46. The molecular weight excluding hydrogens is 350 g/mol. The molecule has 28 heavy (non-hydrogen) atoms. The maximum atomic E-state index is 12.5. The third-order valence-corrected chi connectivity index (χ3v) is 6.41. The molecule has 1 aromatic carbocycles. The van der Waals surface area contributed by atoms with E-state index in [-0.39, 0.29) is 30.5 Å². The average molecular weight is 380 g/mol. The zero-order chi connectivity index (χ0) is 19.3. The number of nitrogens with zero attached hydrogens (tertiary/aromatic N) is 2. The fourth-order valence-corrected chi connectivity index (χ4v) is 4.96. The number of aliphatic hydroxyl groups excluding tert-OH is 1. The molecule has 3 atom stereocenters. The lowest BCUT2D eigenvalue weighted by Crippen LogP contribution is -2.67. The Morgan fingerprint density at radius 3 is 2.46 bits per heavy atom. The SMILES string of the molecule is O=C(NC[C@H]1[C@@H](c2ccccc2)[C@@H](CO)N1CC1CCCC1)c1ccncc1. The minimum absolute atomic E-state index is 0.0672. The maximum Gasteiger partial charge on any atom is 0.251 e. The van der Waals surface area contributed by atoms with Crippen LogP contribution in [0.25, 0.3) is 0 Å². The number of hydrogen-bond acceptors (Lipinski definition) is 4. The molecule has 2 aromatic rings.